The molecule has 0 spiro atoms. The normalized spacial score (nSPS) is 10.7. The third-order valence-electron chi connectivity index (χ3n) is 2.76. The van der Waals surface area contributed by atoms with E-state index < -0.39 is 0 Å². The minimum Gasteiger partial charge on any atom is -0.462 e. The molecule has 0 radical (unpaired) electrons. The first-order chi connectivity index (χ1) is 8.27. The van der Waals surface area contributed by atoms with Crippen LogP contribution < -0.4 is 0 Å². The number of aromatic nitrogens is 1. The van der Waals surface area contributed by atoms with E-state index in [1.807, 2.05) is 37.4 Å². The van der Waals surface area contributed by atoms with E-state index in [1.165, 1.54) is 0 Å². The number of fused-ring (bicyclic) bond motifs is 1. The van der Waals surface area contributed by atoms with Gasteiger partial charge in [0.25, 0.3) is 0 Å². The van der Waals surface area contributed by atoms with E-state index in [0.717, 1.165) is 24.1 Å². The number of pyridine rings is 1. The molecule has 0 bridgehead atoms. The van der Waals surface area contributed by atoms with Crippen LogP contribution in [0.4, 0.5) is 0 Å². The first kappa shape index (κ1) is 11.7. The fourth-order valence-corrected chi connectivity index (χ4v) is 2.04. The van der Waals surface area contributed by atoms with Gasteiger partial charge < -0.3 is 9.14 Å². The first-order valence-electron chi connectivity index (χ1n) is 6.04. The molecule has 0 atom stereocenters. The topological polar surface area (TPSA) is 30.7 Å². The van der Waals surface area contributed by atoms with Crippen LogP contribution in [0.15, 0.2) is 30.5 Å². The Morgan fingerprint density at radius 2 is 2.18 bits per heavy atom. The predicted molar refractivity (Wildman–Crippen MR) is 67.3 cm³/mol. The minimum atomic E-state index is -0.237. The van der Waals surface area contributed by atoms with Gasteiger partial charge in [0.1, 0.15) is 0 Å². The monoisotopic (exact) mass is 231 g/mol. The average Bonchev–Trinajstić information content (AvgIpc) is 2.70. The van der Waals surface area contributed by atoms with E-state index in [1.54, 1.807) is 0 Å². The molecule has 3 nitrogen and oxygen atoms in total. The van der Waals surface area contributed by atoms with Crippen molar-refractivity contribution < 1.29 is 9.53 Å². The predicted octanol–water partition coefficient (Wildman–Crippen LogP) is 3.07. The van der Waals surface area contributed by atoms with Crippen LogP contribution in [0.5, 0.6) is 0 Å². The second-order valence-corrected chi connectivity index (χ2v) is 3.98. The van der Waals surface area contributed by atoms with Crippen molar-refractivity contribution >= 4 is 11.5 Å². The molecule has 2 aromatic rings. The highest BCUT2D eigenvalue weighted by Crippen LogP contribution is 2.19. The highest BCUT2D eigenvalue weighted by Gasteiger charge is 2.15. The number of carbonyl (C=O) groups is 1. The van der Waals surface area contributed by atoms with E-state index in [2.05, 4.69) is 11.3 Å². The zero-order valence-corrected chi connectivity index (χ0v) is 10.3. The second-order valence-electron chi connectivity index (χ2n) is 3.98. The summed E-state index contributed by atoms with van der Waals surface area (Å²) < 4.78 is 7.14. The maximum atomic E-state index is 11.8. The largest absolute Gasteiger partial charge is 0.462 e. The lowest BCUT2D eigenvalue weighted by atomic mass is 10.2. The molecule has 0 fully saturated rings. The van der Waals surface area contributed by atoms with Crippen molar-refractivity contribution in [3.63, 3.8) is 0 Å². The van der Waals surface area contributed by atoms with Crippen LogP contribution in [-0.4, -0.2) is 17.0 Å². The Balaban J connectivity index is 2.52. The standard InChI is InChI=1S/C14H17NO2/c1-3-7-11-10-12(14(16)17-4-2)13-8-5-6-9-15(11)13/h5-6,8-10H,3-4,7H2,1-2H3. The molecule has 17 heavy (non-hydrogen) atoms. The molecule has 0 amide bonds. The van der Waals surface area contributed by atoms with Gasteiger partial charge in [0.2, 0.25) is 0 Å². The number of hydrogen-bond acceptors (Lipinski definition) is 2. The number of rotatable bonds is 4. The summed E-state index contributed by atoms with van der Waals surface area (Å²) >= 11 is 0. The third kappa shape index (κ3) is 2.18. The van der Waals surface area contributed by atoms with Crippen LogP contribution in [0.25, 0.3) is 5.52 Å². The number of aryl methyl sites for hydroxylation is 1. The van der Waals surface area contributed by atoms with Crippen LogP contribution in [-0.2, 0) is 11.2 Å². The van der Waals surface area contributed by atoms with E-state index in [-0.39, 0.29) is 5.97 Å². The molecule has 0 unspecified atom stereocenters. The van der Waals surface area contributed by atoms with Gasteiger partial charge in [-0.05, 0) is 31.5 Å². The molecular weight excluding hydrogens is 214 g/mol. The Bertz CT molecular complexity index is 528. The molecule has 2 rings (SSSR count). The fraction of sp³-hybridized carbons (Fsp3) is 0.357. The smallest absolute Gasteiger partial charge is 0.340 e. The summed E-state index contributed by atoms with van der Waals surface area (Å²) in [5.74, 6) is -0.237. The van der Waals surface area contributed by atoms with Gasteiger partial charge in [0, 0.05) is 11.9 Å². The molecule has 0 saturated carbocycles. The number of esters is 1. The van der Waals surface area contributed by atoms with Gasteiger partial charge in [-0.3, -0.25) is 0 Å². The first-order valence-corrected chi connectivity index (χ1v) is 6.04. The van der Waals surface area contributed by atoms with Crippen molar-refractivity contribution in [3.05, 3.63) is 41.7 Å². The summed E-state index contributed by atoms with van der Waals surface area (Å²) in [6.45, 7) is 4.36. The summed E-state index contributed by atoms with van der Waals surface area (Å²) in [5, 5.41) is 0. The molecule has 0 N–H and O–H groups in total. The van der Waals surface area contributed by atoms with Crippen LogP contribution in [0.3, 0.4) is 0 Å². The number of carbonyl (C=O) groups excluding carboxylic acids is 1. The lowest BCUT2D eigenvalue weighted by molar-refractivity contribution is 0.0529. The van der Waals surface area contributed by atoms with Crippen molar-refractivity contribution in [2.45, 2.75) is 26.7 Å². The molecule has 0 aromatic carbocycles. The number of nitrogens with zero attached hydrogens (tertiary/aromatic N) is 1. The molecule has 2 heterocycles. The zero-order chi connectivity index (χ0) is 12.3. The van der Waals surface area contributed by atoms with Crippen molar-refractivity contribution in [1.29, 1.82) is 0 Å². The average molecular weight is 231 g/mol. The quantitative estimate of drug-likeness (QED) is 0.757. The van der Waals surface area contributed by atoms with E-state index in [9.17, 15) is 4.79 Å². The SMILES string of the molecule is CCCc1cc(C(=O)OCC)c2ccccn12. The van der Waals surface area contributed by atoms with E-state index in [0.29, 0.717) is 12.2 Å². The summed E-state index contributed by atoms with van der Waals surface area (Å²) in [4.78, 5) is 11.8. The fourth-order valence-electron chi connectivity index (χ4n) is 2.04. The third-order valence-corrected chi connectivity index (χ3v) is 2.76. The molecule has 90 valence electrons. The maximum Gasteiger partial charge on any atom is 0.340 e. The Labute approximate surface area is 101 Å². The minimum absolute atomic E-state index is 0.237. The zero-order valence-electron chi connectivity index (χ0n) is 10.3. The molecular formula is C14H17NO2. The second kappa shape index (κ2) is 5.04. The molecule has 0 aliphatic rings. The van der Waals surface area contributed by atoms with Gasteiger partial charge >= 0.3 is 5.97 Å². The van der Waals surface area contributed by atoms with Crippen LogP contribution in [0.2, 0.25) is 0 Å². The van der Waals surface area contributed by atoms with Crippen LogP contribution in [0, 0.1) is 0 Å². The van der Waals surface area contributed by atoms with Gasteiger partial charge in [-0.2, -0.15) is 0 Å². The Hall–Kier alpha value is -1.77. The summed E-state index contributed by atoms with van der Waals surface area (Å²) in [5.41, 5.74) is 2.75. The van der Waals surface area contributed by atoms with Gasteiger partial charge in [-0.25, -0.2) is 4.79 Å². The molecule has 0 saturated heterocycles. The van der Waals surface area contributed by atoms with Gasteiger partial charge in [0.05, 0.1) is 17.7 Å². The number of hydrogen-bond donors (Lipinski definition) is 0. The Morgan fingerprint density at radius 1 is 1.35 bits per heavy atom. The Kier molecular flexibility index (Phi) is 3.47. The highest BCUT2D eigenvalue weighted by atomic mass is 16.5. The van der Waals surface area contributed by atoms with E-state index >= 15 is 0 Å². The molecule has 0 aliphatic carbocycles. The summed E-state index contributed by atoms with van der Waals surface area (Å²) in [6, 6.07) is 7.80. The van der Waals surface area contributed by atoms with Gasteiger partial charge in [0.15, 0.2) is 0 Å². The summed E-state index contributed by atoms with van der Waals surface area (Å²) in [7, 11) is 0. The van der Waals surface area contributed by atoms with Crippen molar-refractivity contribution in [3.8, 4) is 0 Å². The van der Waals surface area contributed by atoms with Crippen molar-refractivity contribution in [1.82, 2.24) is 4.40 Å². The maximum absolute atomic E-state index is 11.8. The van der Waals surface area contributed by atoms with Crippen molar-refractivity contribution in [2.75, 3.05) is 6.61 Å². The lowest BCUT2D eigenvalue weighted by Gasteiger charge is -2.01. The van der Waals surface area contributed by atoms with Crippen LogP contribution in [0.1, 0.15) is 36.3 Å². The van der Waals surface area contributed by atoms with E-state index in [4.69, 9.17) is 4.74 Å². The summed E-state index contributed by atoms with van der Waals surface area (Å²) in [6.07, 6.45) is 4.01. The number of ether oxygens (including phenoxy) is 1. The molecule has 0 aliphatic heterocycles. The molecule has 2 aromatic heterocycles. The van der Waals surface area contributed by atoms with Crippen molar-refractivity contribution in [2.24, 2.45) is 0 Å². The Morgan fingerprint density at radius 3 is 2.88 bits per heavy atom. The van der Waals surface area contributed by atoms with Gasteiger partial charge in [-0.15, -0.1) is 0 Å². The van der Waals surface area contributed by atoms with Crippen LogP contribution >= 0.6 is 0 Å². The lowest BCUT2D eigenvalue weighted by Crippen LogP contribution is -2.03. The molecule has 3 heteroatoms. The highest BCUT2D eigenvalue weighted by molar-refractivity contribution is 5.97. The van der Waals surface area contributed by atoms with Gasteiger partial charge in [-0.1, -0.05) is 19.4 Å².